The Hall–Kier alpha value is -2.44. The van der Waals surface area contributed by atoms with E-state index in [2.05, 4.69) is 5.32 Å². The van der Waals surface area contributed by atoms with Gasteiger partial charge in [-0.1, -0.05) is 6.92 Å². The molecule has 0 unspecified atom stereocenters. The molecule has 0 spiro atoms. The van der Waals surface area contributed by atoms with E-state index in [1.807, 2.05) is 13.8 Å². The molecule has 128 valence electrons. The normalized spacial score (nSPS) is 11.3. The second kappa shape index (κ2) is 8.87. The van der Waals surface area contributed by atoms with Crippen LogP contribution in [0.25, 0.3) is 0 Å². The number of benzene rings is 1. The van der Waals surface area contributed by atoms with Crippen molar-refractivity contribution in [2.45, 2.75) is 26.3 Å². The van der Waals surface area contributed by atoms with Crippen LogP contribution in [0.15, 0.2) is 12.1 Å². The Balaban J connectivity index is 2.84. The summed E-state index contributed by atoms with van der Waals surface area (Å²) in [5.74, 6) is 0.0314. The third-order valence-corrected chi connectivity index (χ3v) is 3.28. The zero-order valence-electron chi connectivity index (χ0n) is 14.1. The van der Waals surface area contributed by atoms with E-state index in [9.17, 15) is 9.59 Å². The van der Waals surface area contributed by atoms with Crippen LogP contribution in [0.1, 0.15) is 30.6 Å². The van der Waals surface area contributed by atoms with Crippen molar-refractivity contribution in [1.82, 2.24) is 5.32 Å². The second-order valence-corrected chi connectivity index (χ2v) is 4.86. The lowest BCUT2D eigenvalue weighted by Gasteiger charge is -2.14. The Kier molecular flexibility index (Phi) is 7.18. The van der Waals surface area contributed by atoms with Gasteiger partial charge in [0.05, 0.1) is 21.3 Å². The Morgan fingerprint density at radius 2 is 1.61 bits per heavy atom. The Morgan fingerprint density at radius 3 is 2.13 bits per heavy atom. The van der Waals surface area contributed by atoms with E-state index in [1.54, 1.807) is 0 Å². The number of methoxy groups -OCH3 is 3. The standard InChI is InChI=1S/C16H23NO6/c1-6-10(2)17-15(18)9-23-16(19)11-7-13(21-4)14(22-5)8-12(11)20-3/h7-8,10H,6,9H2,1-5H3,(H,17,18)/t10-/m1/s1. The topological polar surface area (TPSA) is 83.1 Å². The van der Waals surface area contributed by atoms with Crippen LogP contribution < -0.4 is 19.5 Å². The molecule has 7 heteroatoms. The molecule has 0 aromatic heterocycles. The molecule has 1 aromatic carbocycles. The minimum atomic E-state index is -0.679. The number of carbonyl (C=O) groups is 2. The number of ether oxygens (including phenoxy) is 4. The first kappa shape index (κ1) is 18.6. The average molecular weight is 325 g/mol. The quantitative estimate of drug-likeness (QED) is 0.734. The summed E-state index contributed by atoms with van der Waals surface area (Å²) >= 11 is 0. The molecule has 0 fully saturated rings. The first-order valence-corrected chi connectivity index (χ1v) is 7.23. The highest BCUT2D eigenvalue weighted by molar-refractivity contribution is 5.95. The van der Waals surface area contributed by atoms with Gasteiger partial charge in [-0.25, -0.2) is 4.79 Å². The maximum Gasteiger partial charge on any atom is 0.342 e. The summed E-state index contributed by atoms with van der Waals surface area (Å²) in [5.41, 5.74) is 0.154. The van der Waals surface area contributed by atoms with Crippen LogP contribution in [-0.4, -0.2) is 45.9 Å². The van der Waals surface area contributed by atoms with Gasteiger partial charge in [-0.05, 0) is 13.3 Å². The molecule has 1 aromatic rings. The van der Waals surface area contributed by atoms with Gasteiger partial charge >= 0.3 is 5.97 Å². The van der Waals surface area contributed by atoms with E-state index in [4.69, 9.17) is 18.9 Å². The minimum Gasteiger partial charge on any atom is -0.496 e. The number of amides is 1. The van der Waals surface area contributed by atoms with Gasteiger partial charge in [0.1, 0.15) is 11.3 Å². The van der Waals surface area contributed by atoms with Gasteiger partial charge in [-0.3, -0.25) is 4.79 Å². The molecule has 0 saturated heterocycles. The molecule has 0 aliphatic carbocycles. The highest BCUT2D eigenvalue weighted by Crippen LogP contribution is 2.34. The first-order valence-electron chi connectivity index (χ1n) is 7.23. The number of esters is 1. The van der Waals surface area contributed by atoms with Gasteiger partial charge in [0.2, 0.25) is 0 Å². The number of hydrogen-bond acceptors (Lipinski definition) is 6. The van der Waals surface area contributed by atoms with Crippen LogP contribution in [-0.2, 0) is 9.53 Å². The van der Waals surface area contributed by atoms with Crippen molar-refractivity contribution in [2.24, 2.45) is 0 Å². The van der Waals surface area contributed by atoms with Crippen LogP contribution in [0.4, 0.5) is 0 Å². The van der Waals surface area contributed by atoms with Gasteiger partial charge < -0.3 is 24.3 Å². The fourth-order valence-corrected chi connectivity index (χ4v) is 1.82. The maximum absolute atomic E-state index is 12.2. The molecule has 1 atom stereocenters. The second-order valence-electron chi connectivity index (χ2n) is 4.86. The highest BCUT2D eigenvalue weighted by Gasteiger charge is 2.20. The molecule has 0 heterocycles. The molecule has 23 heavy (non-hydrogen) atoms. The first-order chi connectivity index (χ1) is 11.0. The predicted octanol–water partition coefficient (Wildman–Crippen LogP) is 1.78. The Morgan fingerprint density at radius 1 is 1.04 bits per heavy atom. The predicted molar refractivity (Wildman–Crippen MR) is 84.3 cm³/mol. The van der Waals surface area contributed by atoms with E-state index in [-0.39, 0.29) is 29.9 Å². The van der Waals surface area contributed by atoms with E-state index in [0.29, 0.717) is 11.5 Å². The van der Waals surface area contributed by atoms with E-state index < -0.39 is 5.97 Å². The molecule has 1 amide bonds. The van der Waals surface area contributed by atoms with Crippen molar-refractivity contribution in [3.63, 3.8) is 0 Å². The summed E-state index contributed by atoms with van der Waals surface area (Å²) in [6.07, 6.45) is 0.795. The number of nitrogens with one attached hydrogen (secondary N) is 1. The summed E-state index contributed by atoms with van der Waals surface area (Å²) in [5, 5.41) is 2.71. The lowest BCUT2D eigenvalue weighted by Crippen LogP contribution is -2.35. The molecule has 0 aliphatic rings. The summed E-state index contributed by atoms with van der Waals surface area (Å²) in [6, 6.07) is 3.00. The third-order valence-electron chi connectivity index (χ3n) is 3.28. The number of carbonyl (C=O) groups excluding carboxylic acids is 2. The lowest BCUT2D eigenvalue weighted by atomic mass is 10.1. The van der Waals surface area contributed by atoms with Crippen molar-refractivity contribution < 1.29 is 28.5 Å². The molecule has 0 bridgehead atoms. The molecular weight excluding hydrogens is 302 g/mol. The SMILES string of the molecule is CC[C@@H](C)NC(=O)COC(=O)c1cc(OC)c(OC)cc1OC. The van der Waals surface area contributed by atoms with Gasteiger partial charge in [-0.2, -0.15) is 0 Å². The summed E-state index contributed by atoms with van der Waals surface area (Å²) < 4.78 is 20.5. The van der Waals surface area contributed by atoms with Crippen molar-refractivity contribution in [2.75, 3.05) is 27.9 Å². The molecule has 1 N–H and O–H groups in total. The van der Waals surface area contributed by atoms with Crippen LogP contribution in [0, 0.1) is 0 Å². The molecule has 0 aliphatic heterocycles. The summed E-state index contributed by atoms with van der Waals surface area (Å²) in [4.78, 5) is 23.8. The zero-order chi connectivity index (χ0) is 17.4. The van der Waals surface area contributed by atoms with Crippen LogP contribution >= 0.6 is 0 Å². The Labute approximate surface area is 135 Å². The molecular formula is C16H23NO6. The average Bonchev–Trinajstić information content (AvgIpc) is 2.57. The molecule has 1 rings (SSSR count). The summed E-state index contributed by atoms with van der Waals surface area (Å²) in [6.45, 7) is 3.46. The smallest absolute Gasteiger partial charge is 0.342 e. The van der Waals surface area contributed by atoms with Crippen molar-refractivity contribution in [1.29, 1.82) is 0 Å². The lowest BCUT2D eigenvalue weighted by molar-refractivity contribution is -0.124. The Bertz CT molecular complexity index is 558. The van der Waals surface area contributed by atoms with Crippen LogP contribution in [0.2, 0.25) is 0 Å². The largest absolute Gasteiger partial charge is 0.496 e. The van der Waals surface area contributed by atoms with Gasteiger partial charge in [0.25, 0.3) is 5.91 Å². The van der Waals surface area contributed by atoms with Gasteiger partial charge in [0, 0.05) is 18.2 Å². The van der Waals surface area contributed by atoms with Crippen LogP contribution in [0.3, 0.4) is 0 Å². The van der Waals surface area contributed by atoms with Gasteiger partial charge in [0.15, 0.2) is 18.1 Å². The number of rotatable bonds is 8. The minimum absolute atomic E-state index is 0.0248. The monoisotopic (exact) mass is 325 g/mol. The highest BCUT2D eigenvalue weighted by atomic mass is 16.5. The van der Waals surface area contributed by atoms with Crippen LogP contribution in [0.5, 0.6) is 17.2 Å². The molecule has 7 nitrogen and oxygen atoms in total. The van der Waals surface area contributed by atoms with Gasteiger partial charge in [-0.15, -0.1) is 0 Å². The fourth-order valence-electron chi connectivity index (χ4n) is 1.82. The maximum atomic E-state index is 12.2. The zero-order valence-corrected chi connectivity index (χ0v) is 14.1. The van der Waals surface area contributed by atoms with E-state index in [1.165, 1.54) is 33.5 Å². The van der Waals surface area contributed by atoms with Crippen molar-refractivity contribution in [3.05, 3.63) is 17.7 Å². The van der Waals surface area contributed by atoms with E-state index in [0.717, 1.165) is 6.42 Å². The van der Waals surface area contributed by atoms with E-state index >= 15 is 0 Å². The molecule has 0 saturated carbocycles. The summed E-state index contributed by atoms with van der Waals surface area (Å²) in [7, 11) is 4.36. The van der Waals surface area contributed by atoms with Crippen molar-refractivity contribution in [3.8, 4) is 17.2 Å². The molecule has 0 radical (unpaired) electrons. The fraction of sp³-hybridized carbons (Fsp3) is 0.500. The number of hydrogen-bond donors (Lipinski definition) is 1. The third kappa shape index (κ3) is 5.05. The van der Waals surface area contributed by atoms with Crippen molar-refractivity contribution >= 4 is 11.9 Å².